The van der Waals surface area contributed by atoms with E-state index < -0.39 is 0 Å². The van der Waals surface area contributed by atoms with E-state index in [9.17, 15) is 0 Å². The Morgan fingerprint density at radius 2 is 0.556 bits per heavy atom. The molecule has 0 N–H and O–H groups in total. The third-order valence-corrected chi connectivity index (χ3v) is 7.14. The van der Waals surface area contributed by atoms with Crippen molar-refractivity contribution in [1.82, 2.24) is 0 Å². The van der Waals surface area contributed by atoms with Crippen molar-refractivity contribution in [1.29, 1.82) is 0 Å². The molecule has 182 valence electrons. The maximum Gasteiger partial charge on any atom is -0.0143 e. The number of benzene rings is 6. The average Bonchev–Trinajstić information content (AvgIpc) is 2.93. The molecule has 0 aliphatic carbocycles. The van der Waals surface area contributed by atoms with Gasteiger partial charge in [0.05, 0.1) is 0 Å². The Kier molecular flexibility index (Phi) is 8.06. The molecule has 6 aromatic carbocycles. The number of hydrogen-bond acceptors (Lipinski definition) is 0. The molecular formula is C36H38. The highest BCUT2D eigenvalue weighted by Gasteiger charge is 2.09. The Labute approximate surface area is 216 Å². The van der Waals surface area contributed by atoms with Crippen LogP contribution in [0.25, 0.3) is 43.1 Å². The molecule has 0 nitrogen and oxygen atoms in total. The lowest BCUT2D eigenvalue weighted by Crippen LogP contribution is -1.90. The van der Waals surface area contributed by atoms with Crippen LogP contribution in [0, 0.1) is 20.8 Å². The molecule has 0 heteroatoms. The topological polar surface area (TPSA) is 0 Å². The van der Waals surface area contributed by atoms with Gasteiger partial charge < -0.3 is 0 Å². The fourth-order valence-electron chi connectivity index (χ4n) is 5.38. The molecule has 0 spiro atoms. The van der Waals surface area contributed by atoms with Crippen LogP contribution in [0.2, 0.25) is 0 Å². The second-order valence-electron chi connectivity index (χ2n) is 9.60. The third kappa shape index (κ3) is 4.73. The maximum absolute atomic E-state index is 2.24. The minimum Gasteiger partial charge on any atom is -0.0656 e. The smallest absolute Gasteiger partial charge is 0.0143 e. The van der Waals surface area contributed by atoms with Crippen LogP contribution < -0.4 is 0 Å². The first-order valence-corrected chi connectivity index (χ1v) is 13.3. The summed E-state index contributed by atoms with van der Waals surface area (Å²) in [6, 6.07) is 34.8. The summed E-state index contributed by atoms with van der Waals surface area (Å²) in [6.07, 6.45) is 2.33. The lowest BCUT2D eigenvalue weighted by molar-refractivity contribution is 1.09. The van der Waals surface area contributed by atoms with Gasteiger partial charge in [0.15, 0.2) is 0 Å². The van der Waals surface area contributed by atoms with Crippen LogP contribution >= 0.6 is 0 Å². The standard InChI is InChI=1S/C17H16.C16H14.C3H8/c1-3-13-16-10-6-4-8-14(16)12(2)15-9-5-7-11-17(13)15;1-11-13-7-3-5-9-15(13)12(2)16-10-6-4-8-14(11)16;1-3-2/h4-11H,3H2,1-2H3;3-10H,1-2H3;3H2,1-2H3. The fraction of sp³-hybridized carbons (Fsp3) is 0.222. The SMILES string of the molecule is CCC.CCc1c2ccccc2c(C)c2ccccc12.Cc1c2ccccc2c(C)c2ccccc12. The third-order valence-electron chi connectivity index (χ3n) is 7.14. The molecule has 0 aromatic heterocycles. The van der Waals surface area contributed by atoms with Gasteiger partial charge >= 0.3 is 0 Å². The van der Waals surface area contributed by atoms with Gasteiger partial charge in [0.1, 0.15) is 0 Å². The Morgan fingerprint density at radius 1 is 0.361 bits per heavy atom. The van der Waals surface area contributed by atoms with Crippen molar-refractivity contribution in [3.8, 4) is 0 Å². The second kappa shape index (κ2) is 11.4. The molecule has 0 radical (unpaired) electrons. The molecule has 0 atom stereocenters. The predicted octanol–water partition coefficient (Wildman–Crippen LogP) is 10.9. The molecule has 0 fully saturated rings. The van der Waals surface area contributed by atoms with Crippen LogP contribution in [0.15, 0.2) is 97.1 Å². The van der Waals surface area contributed by atoms with E-state index in [1.165, 1.54) is 71.8 Å². The van der Waals surface area contributed by atoms with Crippen LogP contribution in [0.3, 0.4) is 0 Å². The van der Waals surface area contributed by atoms with Crippen molar-refractivity contribution in [3.63, 3.8) is 0 Å². The summed E-state index contributed by atoms with van der Waals surface area (Å²) in [5.41, 5.74) is 5.64. The van der Waals surface area contributed by atoms with Gasteiger partial charge in [-0.2, -0.15) is 0 Å². The lowest BCUT2D eigenvalue weighted by atomic mass is 9.91. The summed E-state index contributed by atoms with van der Waals surface area (Å²) in [5, 5.41) is 11.1. The van der Waals surface area contributed by atoms with Crippen molar-refractivity contribution in [2.24, 2.45) is 0 Å². The normalized spacial score (nSPS) is 10.7. The second-order valence-corrected chi connectivity index (χ2v) is 9.60. The average molecular weight is 471 g/mol. The predicted molar refractivity (Wildman–Crippen MR) is 162 cm³/mol. The van der Waals surface area contributed by atoms with Gasteiger partial charge in [0.25, 0.3) is 0 Å². The summed E-state index contributed by atoms with van der Waals surface area (Å²) >= 11 is 0. The summed E-state index contributed by atoms with van der Waals surface area (Å²) < 4.78 is 0. The van der Waals surface area contributed by atoms with Gasteiger partial charge in [0.2, 0.25) is 0 Å². The molecule has 36 heavy (non-hydrogen) atoms. The minimum atomic E-state index is 1.08. The van der Waals surface area contributed by atoms with Crippen molar-refractivity contribution in [2.75, 3.05) is 0 Å². The molecule has 0 saturated carbocycles. The van der Waals surface area contributed by atoms with Gasteiger partial charge in [-0.1, -0.05) is 124 Å². The van der Waals surface area contributed by atoms with Crippen LogP contribution in [0.4, 0.5) is 0 Å². The molecule has 0 heterocycles. The van der Waals surface area contributed by atoms with Crippen molar-refractivity contribution < 1.29 is 0 Å². The van der Waals surface area contributed by atoms with E-state index in [4.69, 9.17) is 0 Å². The van der Waals surface area contributed by atoms with Crippen LogP contribution in [0.1, 0.15) is 49.4 Å². The molecule has 0 aliphatic heterocycles. The van der Waals surface area contributed by atoms with Crippen molar-refractivity contribution >= 4 is 43.1 Å². The molecule has 0 amide bonds. The molecule has 0 bridgehead atoms. The summed E-state index contributed by atoms with van der Waals surface area (Å²) in [4.78, 5) is 0. The molecule has 6 aromatic rings. The van der Waals surface area contributed by atoms with Gasteiger partial charge in [0, 0.05) is 0 Å². The molecule has 0 saturated heterocycles. The van der Waals surface area contributed by atoms with Crippen molar-refractivity contribution in [2.45, 2.75) is 54.4 Å². The maximum atomic E-state index is 2.24. The number of hydrogen-bond donors (Lipinski definition) is 0. The van der Waals surface area contributed by atoms with E-state index in [2.05, 4.69) is 139 Å². The zero-order valence-corrected chi connectivity index (χ0v) is 22.7. The summed E-state index contributed by atoms with van der Waals surface area (Å²) in [6.45, 7) is 13.1. The van der Waals surface area contributed by atoms with E-state index >= 15 is 0 Å². The Balaban J connectivity index is 0.000000153. The van der Waals surface area contributed by atoms with Crippen LogP contribution in [-0.4, -0.2) is 0 Å². The molecule has 0 unspecified atom stereocenters. The van der Waals surface area contributed by atoms with E-state index in [-0.39, 0.29) is 0 Å². The van der Waals surface area contributed by atoms with Crippen molar-refractivity contribution in [3.05, 3.63) is 119 Å². The zero-order chi connectivity index (χ0) is 25.7. The Bertz CT molecular complexity index is 1460. The number of fused-ring (bicyclic) bond motifs is 4. The van der Waals surface area contributed by atoms with E-state index in [0.29, 0.717) is 0 Å². The highest BCUT2D eigenvalue weighted by molar-refractivity contribution is 6.06. The lowest BCUT2D eigenvalue weighted by Gasteiger charge is -2.13. The summed E-state index contributed by atoms with van der Waals surface area (Å²) in [5.74, 6) is 0. The van der Waals surface area contributed by atoms with E-state index in [1.807, 2.05) is 0 Å². The highest BCUT2D eigenvalue weighted by atomic mass is 14.1. The molecule has 6 rings (SSSR count). The largest absolute Gasteiger partial charge is 0.0656 e. The van der Waals surface area contributed by atoms with E-state index in [0.717, 1.165) is 6.42 Å². The van der Waals surface area contributed by atoms with Crippen LogP contribution in [-0.2, 0) is 6.42 Å². The monoisotopic (exact) mass is 470 g/mol. The Hall–Kier alpha value is -3.64. The van der Waals surface area contributed by atoms with Gasteiger partial charge in [-0.15, -0.1) is 0 Å². The van der Waals surface area contributed by atoms with E-state index in [1.54, 1.807) is 0 Å². The van der Waals surface area contributed by atoms with Crippen LogP contribution in [0.5, 0.6) is 0 Å². The highest BCUT2D eigenvalue weighted by Crippen LogP contribution is 2.33. The number of rotatable bonds is 1. The number of aryl methyl sites for hydroxylation is 4. The first-order chi connectivity index (χ1) is 17.5. The fourth-order valence-corrected chi connectivity index (χ4v) is 5.38. The van der Waals surface area contributed by atoms with Gasteiger partial charge in [-0.05, 0) is 92.5 Å². The first-order valence-electron chi connectivity index (χ1n) is 13.3. The quantitative estimate of drug-likeness (QED) is 0.210. The Morgan fingerprint density at radius 3 is 0.778 bits per heavy atom. The van der Waals surface area contributed by atoms with Gasteiger partial charge in [-0.3, -0.25) is 0 Å². The first kappa shape index (κ1) is 25.5. The molecule has 0 aliphatic rings. The minimum absolute atomic E-state index is 1.08. The zero-order valence-electron chi connectivity index (χ0n) is 22.7. The molecular weight excluding hydrogens is 432 g/mol. The van der Waals surface area contributed by atoms with Gasteiger partial charge in [-0.25, -0.2) is 0 Å². The summed E-state index contributed by atoms with van der Waals surface area (Å²) in [7, 11) is 0.